The van der Waals surface area contributed by atoms with E-state index in [0.717, 1.165) is 24.8 Å². The van der Waals surface area contributed by atoms with Crippen molar-refractivity contribution >= 4 is 11.5 Å². The molecule has 0 saturated carbocycles. The highest BCUT2D eigenvalue weighted by atomic mass is 16.6. The number of nitro groups is 1. The van der Waals surface area contributed by atoms with Gasteiger partial charge in [-0.2, -0.15) is 0 Å². The van der Waals surface area contributed by atoms with Crippen LogP contribution in [0.25, 0.3) is 0 Å². The second kappa shape index (κ2) is 4.88. The second-order valence-corrected chi connectivity index (χ2v) is 5.33. The third-order valence-corrected chi connectivity index (χ3v) is 3.46. The molecule has 96 valence electrons. The Kier molecular flexibility index (Phi) is 3.45. The fourth-order valence-corrected chi connectivity index (χ4v) is 2.60. The van der Waals surface area contributed by atoms with E-state index in [9.17, 15) is 14.9 Å². The van der Waals surface area contributed by atoms with Gasteiger partial charge in [-0.05, 0) is 30.7 Å². The summed E-state index contributed by atoms with van der Waals surface area (Å²) in [4.78, 5) is 22.6. The Morgan fingerprint density at radius 3 is 2.78 bits per heavy atom. The van der Waals surface area contributed by atoms with E-state index in [0.29, 0.717) is 11.5 Å². The average Bonchev–Trinajstić information content (AvgIpc) is 2.32. The lowest BCUT2D eigenvalue weighted by Crippen LogP contribution is -2.24. The molecule has 0 aromatic heterocycles. The highest BCUT2D eigenvalue weighted by Crippen LogP contribution is 2.31. The van der Waals surface area contributed by atoms with Gasteiger partial charge in [-0.25, -0.2) is 0 Å². The normalized spacial score (nSPS) is 18.8. The predicted molar refractivity (Wildman–Crippen MR) is 68.7 cm³/mol. The summed E-state index contributed by atoms with van der Waals surface area (Å²) in [6, 6.07) is 4.63. The second-order valence-electron chi connectivity index (χ2n) is 5.33. The number of carbonyl (C=O) groups excluding carboxylic acids is 1. The van der Waals surface area contributed by atoms with E-state index in [1.165, 1.54) is 12.1 Å². The molecule has 18 heavy (non-hydrogen) atoms. The molecule has 1 aromatic carbocycles. The molecule has 0 radical (unpaired) electrons. The van der Waals surface area contributed by atoms with Gasteiger partial charge in [0.05, 0.1) is 4.92 Å². The third-order valence-electron chi connectivity index (χ3n) is 3.46. The van der Waals surface area contributed by atoms with E-state index in [1.54, 1.807) is 6.07 Å². The molecule has 0 amide bonds. The molecule has 0 aliphatic heterocycles. The summed E-state index contributed by atoms with van der Waals surface area (Å²) < 4.78 is 0. The zero-order chi connectivity index (χ0) is 13.3. The van der Waals surface area contributed by atoms with Crippen molar-refractivity contribution in [3.8, 4) is 0 Å². The van der Waals surface area contributed by atoms with Gasteiger partial charge >= 0.3 is 0 Å². The molecule has 1 atom stereocenters. The molecule has 0 spiro atoms. The summed E-state index contributed by atoms with van der Waals surface area (Å²) in [6.07, 6.45) is 2.57. The Bertz CT molecular complexity index is 494. The molecule has 1 unspecified atom stereocenters. The van der Waals surface area contributed by atoms with Crippen molar-refractivity contribution in [3.05, 3.63) is 39.4 Å². The first kappa shape index (κ1) is 12.7. The Balaban J connectivity index is 2.32. The van der Waals surface area contributed by atoms with Gasteiger partial charge in [-0.15, -0.1) is 0 Å². The molecule has 0 bridgehead atoms. The summed E-state index contributed by atoms with van der Waals surface area (Å²) in [7, 11) is 0. The molecule has 2 rings (SSSR count). The molecule has 1 aromatic rings. The van der Waals surface area contributed by atoms with Gasteiger partial charge in [0.25, 0.3) is 5.69 Å². The van der Waals surface area contributed by atoms with Gasteiger partial charge < -0.3 is 0 Å². The first-order valence-corrected chi connectivity index (χ1v) is 6.30. The summed E-state index contributed by atoms with van der Waals surface area (Å²) in [6.45, 7) is 4.19. The van der Waals surface area contributed by atoms with E-state index in [-0.39, 0.29) is 17.4 Å². The fourth-order valence-electron chi connectivity index (χ4n) is 2.60. The minimum absolute atomic E-state index is 0.00676. The van der Waals surface area contributed by atoms with Crippen LogP contribution in [0.2, 0.25) is 0 Å². The van der Waals surface area contributed by atoms with Gasteiger partial charge in [0, 0.05) is 23.6 Å². The Morgan fingerprint density at radius 2 is 2.17 bits per heavy atom. The molecular formula is C14H17NO3. The molecule has 0 N–H and O–H groups in total. The SMILES string of the molecule is CC(C)CC1CCc2ccc([N+](=O)[O-])cc2C1=O. The molecule has 4 nitrogen and oxygen atoms in total. The van der Waals surface area contributed by atoms with Crippen molar-refractivity contribution in [1.29, 1.82) is 0 Å². The first-order valence-electron chi connectivity index (χ1n) is 6.30. The van der Waals surface area contributed by atoms with Crippen molar-refractivity contribution < 1.29 is 9.72 Å². The lowest BCUT2D eigenvalue weighted by Gasteiger charge is -2.24. The molecule has 1 aliphatic carbocycles. The molecular weight excluding hydrogens is 230 g/mol. The standard InChI is InChI=1S/C14H17NO3/c1-9(2)7-11-4-3-10-5-6-12(15(17)18)8-13(10)14(11)16/h5-6,8-9,11H,3-4,7H2,1-2H3. The monoisotopic (exact) mass is 247 g/mol. The molecule has 0 heterocycles. The number of nitrogens with zero attached hydrogens (tertiary/aromatic N) is 1. The van der Waals surface area contributed by atoms with Gasteiger partial charge in [0.2, 0.25) is 0 Å². The van der Waals surface area contributed by atoms with Crippen molar-refractivity contribution in [2.24, 2.45) is 11.8 Å². The number of rotatable bonds is 3. The van der Waals surface area contributed by atoms with Gasteiger partial charge in [-0.1, -0.05) is 19.9 Å². The molecule has 4 heteroatoms. The van der Waals surface area contributed by atoms with Crippen LogP contribution in [0.3, 0.4) is 0 Å². The number of carbonyl (C=O) groups is 1. The summed E-state index contributed by atoms with van der Waals surface area (Å²) in [5.74, 6) is 0.576. The van der Waals surface area contributed by atoms with Crippen molar-refractivity contribution in [2.45, 2.75) is 33.1 Å². The molecule has 0 fully saturated rings. The highest BCUT2D eigenvalue weighted by Gasteiger charge is 2.29. The van der Waals surface area contributed by atoms with Crippen LogP contribution in [0.5, 0.6) is 0 Å². The number of nitro benzene ring substituents is 1. The van der Waals surface area contributed by atoms with Gasteiger partial charge in [0.15, 0.2) is 5.78 Å². The van der Waals surface area contributed by atoms with Crippen molar-refractivity contribution in [3.63, 3.8) is 0 Å². The number of hydrogen-bond acceptors (Lipinski definition) is 3. The molecule has 1 aliphatic rings. The van der Waals surface area contributed by atoms with Gasteiger partial charge in [0.1, 0.15) is 0 Å². The zero-order valence-electron chi connectivity index (χ0n) is 10.7. The highest BCUT2D eigenvalue weighted by molar-refractivity contribution is 6.00. The predicted octanol–water partition coefficient (Wildman–Crippen LogP) is 3.39. The Morgan fingerprint density at radius 1 is 1.44 bits per heavy atom. The number of fused-ring (bicyclic) bond motifs is 1. The van der Waals surface area contributed by atoms with Crippen LogP contribution in [-0.4, -0.2) is 10.7 Å². The van der Waals surface area contributed by atoms with Crippen LogP contribution in [0.4, 0.5) is 5.69 Å². The number of hydrogen-bond donors (Lipinski definition) is 0. The largest absolute Gasteiger partial charge is 0.294 e. The maximum atomic E-state index is 12.3. The summed E-state index contributed by atoms with van der Waals surface area (Å²) in [5, 5.41) is 10.7. The van der Waals surface area contributed by atoms with E-state index in [4.69, 9.17) is 0 Å². The van der Waals surface area contributed by atoms with Crippen LogP contribution < -0.4 is 0 Å². The van der Waals surface area contributed by atoms with Crippen molar-refractivity contribution in [2.75, 3.05) is 0 Å². The van der Waals surface area contributed by atoms with Crippen molar-refractivity contribution in [1.82, 2.24) is 0 Å². The lowest BCUT2D eigenvalue weighted by atomic mass is 9.79. The smallest absolute Gasteiger partial charge is 0.270 e. The third kappa shape index (κ3) is 2.42. The van der Waals surface area contributed by atoms with E-state index in [2.05, 4.69) is 13.8 Å². The van der Waals surface area contributed by atoms with Crippen LogP contribution >= 0.6 is 0 Å². The van der Waals surface area contributed by atoms with E-state index in [1.807, 2.05) is 0 Å². The Labute approximate surface area is 106 Å². The van der Waals surface area contributed by atoms with Gasteiger partial charge in [-0.3, -0.25) is 14.9 Å². The maximum Gasteiger partial charge on any atom is 0.270 e. The zero-order valence-corrected chi connectivity index (χ0v) is 10.7. The topological polar surface area (TPSA) is 60.2 Å². The summed E-state index contributed by atoms with van der Waals surface area (Å²) >= 11 is 0. The quantitative estimate of drug-likeness (QED) is 0.607. The number of ketones is 1. The minimum atomic E-state index is -0.445. The van der Waals surface area contributed by atoms with Crippen LogP contribution in [0, 0.1) is 22.0 Å². The number of benzene rings is 1. The van der Waals surface area contributed by atoms with E-state index >= 15 is 0 Å². The fraction of sp³-hybridized carbons (Fsp3) is 0.500. The average molecular weight is 247 g/mol. The lowest BCUT2D eigenvalue weighted by molar-refractivity contribution is -0.384. The maximum absolute atomic E-state index is 12.3. The number of Topliss-reactive ketones (excluding diaryl/α,β-unsaturated/α-hetero) is 1. The minimum Gasteiger partial charge on any atom is -0.294 e. The van der Waals surface area contributed by atoms with E-state index < -0.39 is 4.92 Å². The van der Waals surface area contributed by atoms with Crippen LogP contribution in [0.15, 0.2) is 18.2 Å². The van der Waals surface area contributed by atoms with Crippen LogP contribution in [0.1, 0.15) is 42.6 Å². The summed E-state index contributed by atoms with van der Waals surface area (Å²) in [5.41, 5.74) is 1.51. The Hall–Kier alpha value is -1.71. The number of non-ortho nitro benzene ring substituents is 1. The molecule has 0 saturated heterocycles. The number of aryl methyl sites for hydroxylation is 1. The first-order chi connectivity index (χ1) is 8.49. The van der Waals surface area contributed by atoms with Crippen LogP contribution in [-0.2, 0) is 6.42 Å².